The van der Waals surface area contributed by atoms with Gasteiger partial charge in [0, 0.05) is 32.4 Å². The number of anilines is 1. The average molecular weight is 482 g/mol. The van der Waals surface area contributed by atoms with Gasteiger partial charge in [-0.1, -0.05) is 11.6 Å². The first-order valence-electron chi connectivity index (χ1n) is 12.8. The maximum Gasteiger partial charge on any atom is 0.259 e. The second-order valence-electron chi connectivity index (χ2n) is 10.1. The lowest BCUT2D eigenvalue weighted by molar-refractivity contribution is -0.144. The van der Waals surface area contributed by atoms with Crippen LogP contribution in [0.15, 0.2) is 22.9 Å². The fourth-order valence-corrected chi connectivity index (χ4v) is 5.90. The first kappa shape index (κ1) is 23.7. The van der Waals surface area contributed by atoms with Crippen LogP contribution in [0.25, 0.3) is 11.5 Å². The van der Waals surface area contributed by atoms with Crippen LogP contribution in [0.2, 0.25) is 0 Å². The minimum Gasteiger partial charge on any atom is -0.368 e. The quantitative estimate of drug-likeness (QED) is 0.688. The number of amides is 2. The van der Waals surface area contributed by atoms with E-state index >= 15 is 0 Å². The van der Waals surface area contributed by atoms with Gasteiger partial charge in [0.15, 0.2) is 5.82 Å². The van der Waals surface area contributed by atoms with Crippen molar-refractivity contribution in [2.45, 2.75) is 57.4 Å². The van der Waals surface area contributed by atoms with Gasteiger partial charge in [-0.15, -0.1) is 0 Å². The number of nitrogens with two attached hydrogens (primary N) is 1. The summed E-state index contributed by atoms with van der Waals surface area (Å²) >= 11 is 0. The molecule has 3 aliphatic rings. The molecule has 3 fully saturated rings. The molecular formula is C25H35N7O3. The van der Waals surface area contributed by atoms with Gasteiger partial charge in [0.2, 0.25) is 11.8 Å². The van der Waals surface area contributed by atoms with E-state index < -0.39 is 5.54 Å². The Balaban J connectivity index is 1.21. The smallest absolute Gasteiger partial charge is 0.259 e. The number of hydrogen-bond donors (Lipinski definition) is 1. The van der Waals surface area contributed by atoms with Crippen LogP contribution in [-0.4, -0.2) is 81.5 Å². The summed E-state index contributed by atoms with van der Waals surface area (Å²) in [5, 5.41) is 3.83. The van der Waals surface area contributed by atoms with E-state index in [0.717, 1.165) is 56.7 Å². The van der Waals surface area contributed by atoms with E-state index in [0.29, 0.717) is 44.2 Å². The molecule has 0 aromatic carbocycles. The number of likely N-dealkylation sites (tertiary alicyclic amines) is 2. The molecule has 0 aliphatic carbocycles. The number of carbonyl (C=O) groups excluding carboxylic acids is 2. The van der Waals surface area contributed by atoms with E-state index in [9.17, 15) is 9.59 Å². The molecule has 10 nitrogen and oxygen atoms in total. The first-order chi connectivity index (χ1) is 17.0. The van der Waals surface area contributed by atoms with Crippen LogP contribution in [0, 0.1) is 12.8 Å². The molecule has 5 heterocycles. The van der Waals surface area contributed by atoms with Crippen molar-refractivity contribution in [1.82, 2.24) is 24.9 Å². The molecule has 1 atom stereocenters. The maximum absolute atomic E-state index is 13.5. The molecule has 2 aromatic heterocycles. The van der Waals surface area contributed by atoms with Gasteiger partial charge in [-0.25, -0.2) is 4.98 Å². The van der Waals surface area contributed by atoms with Gasteiger partial charge in [-0.3, -0.25) is 14.5 Å². The molecule has 0 radical (unpaired) electrons. The highest BCUT2D eigenvalue weighted by Gasteiger charge is 2.46. The Bertz CT molecular complexity index is 1040. The summed E-state index contributed by atoms with van der Waals surface area (Å²) < 4.78 is 5.22. The van der Waals surface area contributed by atoms with E-state index in [1.54, 1.807) is 13.1 Å². The summed E-state index contributed by atoms with van der Waals surface area (Å²) in [7, 11) is 0. The number of rotatable bonds is 5. The molecular weight excluding hydrogens is 446 g/mol. The molecule has 2 N–H and O–H groups in total. The number of aryl methyl sites for hydroxylation is 1. The molecule has 0 saturated carbocycles. The average Bonchev–Trinajstić information content (AvgIpc) is 3.35. The van der Waals surface area contributed by atoms with Gasteiger partial charge < -0.3 is 20.1 Å². The Morgan fingerprint density at radius 2 is 1.83 bits per heavy atom. The van der Waals surface area contributed by atoms with Crippen LogP contribution in [0.4, 0.5) is 5.82 Å². The number of carbonyl (C=O) groups is 2. The minimum atomic E-state index is -0.599. The number of primary amides is 1. The predicted molar refractivity (Wildman–Crippen MR) is 130 cm³/mol. The third-order valence-corrected chi connectivity index (χ3v) is 7.94. The Kier molecular flexibility index (Phi) is 6.73. The van der Waals surface area contributed by atoms with Gasteiger partial charge in [0.05, 0.1) is 11.5 Å². The van der Waals surface area contributed by atoms with Crippen molar-refractivity contribution in [1.29, 1.82) is 0 Å². The molecule has 0 unspecified atom stereocenters. The van der Waals surface area contributed by atoms with Crippen LogP contribution >= 0.6 is 0 Å². The van der Waals surface area contributed by atoms with E-state index in [1.807, 2.05) is 17.0 Å². The fourth-order valence-electron chi connectivity index (χ4n) is 5.90. The molecule has 2 amide bonds. The number of aromatic nitrogens is 3. The van der Waals surface area contributed by atoms with Gasteiger partial charge in [-0.05, 0) is 70.7 Å². The second kappa shape index (κ2) is 9.93. The summed E-state index contributed by atoms with van der Waals surface area (Å²) in [5.41, 5.74) is 6.10. The Morgan fingerprint density at radius 1 is 1.06 bits per heavy atom. The van der Waals surface area contributed by atoms with Crippen molar-refractivity contribution in [3.63, 3.8) is 0 Å². The van der Waals surface area contributed by atoms with Gasteiger partial charge >= 0.3 is 0 Å². The lowest BCUT2D eigenvalue weighted by atomic mass is 9.82. The molecule has 188 valence electrons. The highest BCUT2D eigenvalue weighted by molar-refractivity contribution is 5.86. The molecule has 10 heteroatoms. The molecule has 0 bridgehead atoms. The third-order valence-electron chi connectivity index (χ3n) is 7.94. The van der Waals surface area contributed by atoms with Crippen molar-refractivity contribution < 1.29 is 14.1 Å². The Morgan fingerprint density at radius 3 is 2.46 bits per heavy atom. The summed E-state index contributed by atoms with van der Waals surface area (Å²) in [6, 6.07) is 3.87. The van der Waals surface area contributed by atoms with Gasteiger partial charge in [0.1, 0.15) is 11.4 Å². The van der Waals surface area contributed by atoms with Crippen molar-refractivity contribution in [3.05, 3.63) is 24.2 Å². The standard InChI is InChI=1S/C25H35N7O3/c1-18-28-22(35-29-18)19-7-8-21(27-16-19)31-11-5-6-20(17-31)23(33)30-14-9-25(10-15-30,24(26)34)32-12-3-2-4-13-32/h7-8,16,20H,2-6,9-15,17H2,1H3,(H2,26,34)/t20-/m1/s1. The SMILES string of the molecule is Cc1noc(-c2ccc(N3CCC[C@@H](C(=O)N4CCC(C(N)=O)(N5CCCCC5)CC4)C3)nc2)n1. The van der Waals surface area contributed by atoms with Crippen LogP contribution in [0.1, 0.15) is 50.8 Å². The zero-order valence-electron chi connectivity index (χ0n) is 20.5. The number of nitrogens with zero attached hydrogens (tertiary/aromatic N) is 6. The monoisotopic (exact) mass is 481 g/mol. The highest BCUT2D eigenvalue weighted by atomic mass is 16.5. The van der Waals surface area contributed by atoms with Gasteiger partial charge in [0.25, 0.3) is 5.89 Å². The topological polar surface area (TPSA) is 122 Å². The van der Waals surface area contributed by atoms with Crippen molar-refractivity contribution in [2.75, 3.05) is 44.2 Å². The summed E-state index contributed by atoms with van der Waals surface area (Å²) in [6.45, 7) is 6.32. The van der Waals surface area contributed by atoms with Crippen LogP contribution in [0.3, 0.4) is 0 Å². The lowest BCUT2D eigenvalue weighted by Crippen LogP contribution is -2.64. The summed E-state index contributed by atoms with van der Waals surface area (Å²) in [5.74, 6) is 1.77. The Hall–Kier alpha value is -3.01. The fraction of sp³-hybridized carbons (Fsp3) is 0.640. The van der Waals surface area contributed by atoms with E-state index in [2.05, 4.69) is 24.9 Å². The third kappa shape index (κ3) is 4.76. The first-order valence-corrected chi connectivity index (χ1v) is 12.8. The highest BCUT2D eigenvalue weighted by Crippen LogP contribution is 2.33. The molecule has 35 heavy (non-hydrogen) atoms. The van der Waals surface area contributed by atoms with Crippen LogP contribution in [0.5, 0.6) is 0 Å². The van der Waals surface area contributed by atoms with Crippen LogP contribution < -0.4 is 10.6 Å². The number of pyridine rings is 1. The minimum absolute atomic E-state index is 0.0696. The molecule has 2 aromatic rings. The van der Waals surface area contributed by atoms with Crippen molar-refractivity contribution >= 4 is 17.6 Å². The zero-order valence-corrected chi connectivity index (χ0v) is 20.5. The van der Waals surface area contributed by atoms with E-state index in [-0.39, 0.29) is 17.7 Å². The molecule has 3 aliphatic heterocycles. The predicted octanol–water partition coefficient (Wildman–Crippen LogP) is 1.99. The van der Waals surface area contributed by atoms with E-state index in [4.69, 9.17) is 10.3 Å². The van der Waals surface area contributed by atoms with Gasteiger partial charge in [-0.2, -0.15) is 4.98 Å². The summed E-state index contributed by atoms with van der Waals surface area (Å²) in [6.07, 6.45) is 8.24. The van der Waals surface area contributed by atoms with Crippen molar-refractivity contribution in [2.24, 2.45) is 11.7 Å². The molecule has 0 spiro atoms. The maximum atomic E-state index is 13.5. The lowest BCUT2D eigenvalue weighted by Gasteiger charge is -2.48. The van der Waals surface area contributed by atoms with Crippen LogP contribution in [-0.2, 0) is 9.59 Å². The molecule has 3 saturated heterocycles. The normalized spacial score (nSPS) is 23.3. The number of piperidine rings is 3. The summed E-state index contributed by atoms with van der Waals surface area (Å²) in [4.78, 5) is 41.2. The number of hydrogen-bond acceptors (Lipinski definition) is 8. The van der Waals surface area contributed by atoms with Crippen molar-refractivity contribution in [3.8, 4) is 11.5 Å². The largest absolute Gasteiger partial charge is 0.368 e. The Labute approximate surface area is 205 Å². The zero-order chi connectivity index (χ0) is 24.4. The second-order valence-corrected chi connectivity index (χ2v) is 10.1. The molecule has 5 rings (SSSR count). The van der Waals surface area contributed by atoms with E-state index in [1.165, 1.54) is 6.42 Å².